The largest absolute Gasteiger partial charge is 0.325 e. The number of rotatable bonds is 6. The van der Waals surface area contributed by atoms with Crippen molar-refractivity contribution in [2.24, 2.45) is 11.1 Å². The fourth-order valence-corrected chi connectivity index (χ4v) is 1.85. The first-order valence-corrected chi connectivity index (χ1v) is 7.01. The molecule has 0 fully saturated rings. The predicted molar refractivity (Wildman–Crippen MR) is 78.0 cm³/mol. The fourth-order valence-electron chi connectivity index (χ4n) is 1.85. The number of hydrogen-bond donors (Lipinski definition) is 1. The third-order valence-corrected chi connectivity index (χ3v) is 4.23. The van der Waals surface area contributed by atoms with Crippen LogP contribution in [0.15, 0.2) is 6.07 Å². The maximum absolute atomic E-state index is 12.5. The number of nitrogens with zero attached hydrogens (tertiary/aromatic N) is 2. The van der Waals surface area contributed by atoms with Crippen molar-refractivity contribution in [2.45, 2.75) is 66.5 Å². The zero-order chi connectivity index (χ0) is 14.8. The van der Waals surface area contributed by atoms with Crippen LogP contribution in [0.1, 0.15) is 52.9 Å². The molecular weight excluding hydrogens is 238 g/mol. The van der Waals surface area contributed by atoms with Gasteiger partial charge in [0.2, 0.25) is 0 Å². The lowest BCUT2D eigenvalue weighted by Gasteiger charge is -2.37. The Morgan fingerprint density at radius 3 is 2.32 bits per heavy atom. The minimum Gasteiger partial charge on any atom is -0.325 e. The van der Waals surface area contributed by atoms with Gasteiger partial charge in [-0.3, -0.25) is 9.48 Å². The maximum Gasteiger partial charge on any atom is 0.146 e. The van der Waals surface area contributed by atoms with Crippen molar-refractivity contribution in [3.05, 3.63) is 17.5 Å². The average molecular weight is 265 g/mol. The topological polar surface area (TPSA) is 60.9 Å². The standard InChI is InChI=1S/C15H27N3O/c1-7-11-9-12(18(8-2)17-11)10-13(19)14(3,4)15(5,6)16/h9H,7-8,10,16H2,1-6H3. The normalized spacial score (nSPS) is 12.8. The molecule has 1 aromatic heterocycles. The third-order valence-electron chi connectivity index (χ3n) is 4.23. The zero-order valence-electron chi connectivity index (χ0n) is 13.1. The Hall–Kier alpha value is -1.16. The molecular formula is C15H27N3O. The van der Waals surface area contributed by atoms with Crippen LogP contribution < -0.4 is 5.73 Å². The molecule has 0 bridgehead atoms. The maximum atomic E-state index is 12.5. The molecule has 0 aromatic carbocycles. The van der Waals surface area contributed by atoms with Crippen LogP contribution in [-0.2, 0) is 24.2 Å². The molecule has 1 heterocycles. The molecule has 1 rings (SSSR count). The highest BCUT2D eigenvalue weighted by Crippen LogP contribution is 2.30. The van der Waals surface area contributed by atoms with Gasteiger partial charge in [-0.1, -0.05) is 20.8 Å². The number of nitrogens with two attached hydrogens (primary N) is 1. The summed E-state index contributed by atoms with van der Waals surface area (Å²) >= 11 is 0. The molecule has 0 spiro atoms. The van der Waals surface area contributed by atoms with Crippen molar-refractivity contribution in [3.63, 3.8) is 0 Å². The van der Waals surface area contributed by atoms with Crippen LogP contribution in [-0.4, -0.2) is 21.1 Å². The Morgan fingerprint density at radius 2 is 1.89 bits per heavy atom. The summed E-state index contributed by atoms with van der Waals surface area (Å²) in [6, 6.07) is 2.03. The molecule has 0 amide bonds. The molecule has 0 atom stereocenters. The Morgan fingerprint density at radius 1 is 1.32 bits per heavy atom. The van der Waals surface area contributed by atoms with Gasteiger partial charge in [-0.05, 0) is 33.3 Å². The number of aryl methyl sites for hydroxylation is 2. The highest BCUT2D eigenvalue weighted by atomic mass is 16.1. The molecule has 4 nitrogen and oxygen atoms in total. The summed E-state index contributed by atoms with van der Waals surface area (Å²) < 4.78 is 1.91. The minimum absolute atomic E-state index is 0.164. The number of aromatic nitrogens is 2. The highest BCUT2D eigenvalue weighted by molar-refractivity contribution is 5.87. The lowest BCUT2D eigenvalue weighted by Crippen LogP contribution is -2.52. The lowest BCUT2D eigenvalue weighted by molar-refractivity contribution is -0.129. The van der Waals surface area contributed by atoms with Gasteiger partial charge >= 0.3 is 0 Å². The van der Waals surface area contributed by atoms with Crippen molar-refractivity contribution >= 4 is 5.78 Å². The van der Waals surface area contributed by atoms with Gasteiger partial charge in [0.25, 0.3) is 0 Å². The zero-order valence-corrected chi connectivity index (χ0v) is 13.1. The number of hydrogen-bond acceptors (Lipinski definition) is 3. The molecule has 0 unspecified atom stereocenters. The van der Waals surface area contributed by atoms with Crippen LogP contribution in [0.4, 0.5) is 0 Å². The van der Waals surface area contributed by atoms with E-state index in [-0.39, 0.29) is 5.78 Å². The van der Waals surface area contributed by atoms with E-state index in [9.17, 15) is 4.79 Å². The molecule has 1 aromatic rings. The number of carbonyl (C=O) groups excluding carboxylic acids is 1. The first kappa shape index (κ1) is 15.9. The van der Waals surface area contributed by atoms with Gasteiger partial charge in [0.1, 0.15) is 5.78 Å². The van der Waals surface area contributed by atoms with Gasteiger partial charge in [0.15, 0.2) is 0 Å². The summed E-state index contributed by atoms with van der Waals surface area (Å²) in [4.78, 5) is 12.5. The smallest absolute Gasteiger partial charge is 0.146 e. The molecule has 19 heavy (non-hydrogen) atoms. The summed E-state index contributed by atoms with van der Waals surface area (Å²) in [6.07, 6.45) is 1.29. The second-order valence-corrected chi connectivity index (χ2v) is 6.24. The van der Waals surface area contributed by atoms with Gasteiger partial charge in [-0.2, -0.15) is 5.10 Å². The molecule has 2 N–H and O–H groups in total. The first-order valence-electron chi connectivity index (χ1n) is 7.01. The summed E-state index contributed by atoms with van der Waals surface area (Å²) in [5.41, 5.74) is 7.06. The van der Waals surface area contributed by atoms with E-state index in [4.69, 9.17) is 5.73 Å². The molecule has 0 aliphatic heterocycles. The molecule has 0 aliphatic carbocycles. The van der Waals surface area contributed by atoms with Crippen LogP contribution in [0.5, 0.6) is 0 Å². The van der Waals surface area contributed by atoms with Crippen molar-refractivity contribution in [1.29, 1.82) is 0 Å². The number of ketones is 1. The van der Waals surface area contributed by atoms with E-state index in [2.05, 4.69) is 12.0 Å². The van der Waals surface area contributed by atoms with E-state index < -0.39 is 11.0 Å². The molecule has 0 saturated heterocycles. The highest BCUT2D eigenvalue weighted by Gasteiger charge is 2.40. The first-order chi connectivity index (χ1) is 8.63. The van der Waals surface area contributed by atoms with Gasteiger partial charge in [0, 0.05) is 29.6 Å². The summed E-state index contributed by atoms with van der Waals surface area (Å²) in [5.74, 6) is 0.164. The quantitative estimate of drug-likeness (QED) is 0.858. The van der Waals surface area contributed by atoms with E-state index in [0.717, 1.165) is 24.4 Å². The van der Waals surface area contributed by atoms with Crippen LogP contribution in [0.25, 0.3) is 0 Å². The van der Waals surface area contributed by atoms with Crippen molar-refractivity contribution in [1.82, 2.24) is 9.78 Å². The van der Waals surface area contributed by atoms with E-state index in [0.29, 0.717) is 6.42 Å². The van der Waals surface area contributed by atoms with E-state index in [1.165, 1.54) is 0 Å². The molecule has 0 saturated carbocycles. The van der Waals surface area contributed by atoms with Gasteiger partial charge in [-0.25, -0.2) is 0 Å². The Balaban J connectivity index is 2.97. The number of carbonyl (C=O) groups is 1. The van der Waals surface area contributed by atoms with Gasteiger partial charge in [-0.15, -0.1) is 0 Å². The van der Waals surface area contributed by atoms with Crippen molar-refractivity contribution in [3.8, 4) is 0 Å². The van der Waals surface area contributed by atoms with E-state index in [1.807, 2.05) is 45.4 Å². The summed E-state index contributed by atoms with van der Waals surface area (Å²) in [7, 11) is 0. The Labute approximate surface area is 116 Å². The Bertz CT molecular complexity index is 452. The summed E-state index contributed by atoms with van der Waals surface area (Å²) in [5, 5.41) is 4.48. The molecule has 108 valence electrons. The molecule has 4 heteroatoms. The predicted octanol–water partition coefficient (Wildman–Crippen LogP) is 2.34. The van der Waals surface area contributed by atoms with Crippen molar-refractivity contribution < 1.29 is 4.79 Å². The fraction of sp³-hybridized carbons (Fsp3) is 0.733. The monoisotopic (exact) mass is 265 g/mol. The van der Waals surface area contributed by atoms with Crippen LogP contribution in [0.3, 0.4) is 0 Å². The second-order valence-electron chi connectivity index (χ2n) is 6.24. The molecule has 0 aliphatic rings. The SMILES string of the molecule is CCc1cc(CC(=O)C(C)(C)C(C)(C)N)n(CC)n1. The minimum atomic E-state index is -0.553. The van der Waals surface area contributed by atoms with Crippen molar-refractivity contribution in [2.75, 3.05) is 0 Å². The average Bonchev–Trinajstić information content (AvgIpc) is 2.69. The summed E-state index contributed by atoms with van der Waals surface area (Å²) in [6.45, 7) is 12.5. The van der Waals surface area contributed by atoms with Crippen LogP contribution in [0, 0.1) is 5.41 Å². The van der Waals surface area contributed by atoms with E-state index in [1.54, 1.807) is 0 Å². The van der Waals surface area contributed by atoms with Gasteiger partial charge < -0.3 is 5.73 Å². The number of Topliss-reactive ketones (excluding diaryl/α,β-unsaturated/α-hetero) is 1. The van der Waals surface area contributed by atoms with Gasteiger partial charge in [0.05, 0.1) is 5.69 Å². The van der Waals surface area contributed by atoms with Crippen LogP contribution >= 0.6 is 0 Å². The van der Waals surface area contributed by atoms with E-state index >= 15 is 0 Å². The second kappa shape index (κ2) is 5.45. The Kier molecular flexibility index (Phi) is 4.56. The lowest BCUT2D eigenvalue weighted by atomic mass is 9.71. The third kappa shape index (κ3) is 3.24. The molecule has 0 radical (unpaired) electrons. The van der Waals surface area contributed by atoms with Crippen LogP contribution in [0.2, 0.25) is 0 Å².